The lowest BCUT2D eigenvalue weighted by molar-refractivity contribution is -0.384. The van der Waals surface area contributed by atoms with Crippen LogP contribution in [0.25, 0.3) is 0 Å². The number of carboxylic acid groups (broad SMARTS) is 1. The number of aliphatic imine (C=N–C) groups is 1. The number of hydrogen-bond donors (Lipinski definition) is 1. The molecule has 0 bridgehead atoms. The number of nitro groups is 1. The molecule has 0 aliphatic rings. The third-order valence-corrected chi connectivity index (χ3v) is 5.21. The molecule has 9 heteroatoms. The predicted molar refractivity (Wildman–Crippen MR) is 120 cm³/mol. The minimum atomic E-state index is -0.973. The van der Waals surface area contributed by atoms with E-state index in [0.29, 0.717) is 20.4 Å². The van der Waals surface area contributed by atoms with Crippen LogP contribution in [0.2, 0.25) is 0 Å². The molecule has 152 valence electrons. The second-order valence-corrected chi connectivity index (χ2v) is 7.84. The lowest BCUT2D eigenvalue weighted by atomic mass is 10.1. The van der Waals surface area contributed by atoms with Gasteiger partial charge in [-0.1, -0.05) is 12.1 Å². The first kappa shape index (κ1) is 21.7. The second-order valence-electron chi connectivity index (χ2n) is 6.14. The number of benzene rings is 3. The Kier molecular flexibility index (Phi) is 6.96. The van der Waals surface area contributed by atoms with E-state index in [-0.39, 0.29) is 17.9 Å². The fraction of sp³-hybridized carbons (Fsp3) is 0.0476. The Morgan fingerprint density at radius 1 is 1.07 bits per heavy atom. The van der Waals surface area contributed by atoms with Crippen molar-refractivity contribution in [1.29, 1.82) is 0 Å². The smallest absolute Gasteiger partial charge is 0.335 e. The highest BCUT2D eigenvalue weighted by molar-refractivity contribution is 9.11. The number of ether oxygens (including phenoxy) is 1. The molecule has 0 saturated carbocycles. The number of carboxylic acids is 1. The summed E-state index contributed by atoms with van der Waals surface area (Å²) in [7, 11) is 0. The maximum Gasteiger partial charge on any atom is 0.335 e. The van der Waals surface area contributed by atoms with Crippen LogP contribution in [0.3, 0.4) is 0 Å². The summed E-state index contributed by atoms with van der Waals surface area (Å²) in [5.74, 6) is -0.372. The first-order valence-electron chi connectivity index (χ1n) is 8.56. The minimum absolute atomic E-state index is 0.0125. The Balaban J connectivity index is 1.70. The number of aromatic carboxylic acids is 1. The Labute approximate surface area is 188 Å². The van der Waals surface area contributed by atoms with Gasteiger partial charge in [0.25, 0.3) is 5.69 Å². The predicted octanol–water partition coefficient (Wildman–Crippen LogP) is 6.15. The van der Waals surface area contributed by atoms with Crippen molar-refractivity contribution in [3.63, 3.8) is 0 Å². The average molecular weight is 534 g/mol. The highest BCUT2D eigenvalue weighted by Gasteiger charge is 2.10. The number of rotatable bonds is 7. The molecule has 0 aliphatic heterocycles. The molecule has 1 N–H and O–H groups in total. The molecule has 0 aromatic heterocycles. The van der Waals surface area contributed by atoms with Crippen molar-refractivity contribution in [3.8, 4) is 5.75 Å². The third kappa shape index (κ3) is 5.52. The van der Waals surface area contributed by atoms with Crippen LogP contribution < -0.4 is 4.74 Å². The highest BCUT2D eigenvalue weighted by Crippen LogP contribution is 2.35. The molecular weight excluding hydrogens is 520 g/mol. The van der Waals surface area contributed by atoms with Crippen LogP contribution in [0.15, 0.2) is 74.6 Å². The Hall–Kier alpha value is -3.04. The van der Waals surface area contributed by atoms with Crippen molar-refractivity contribution in [1.82, 2.24) is 0 Å². The summed E-state index contributed by atoms with van der Waals surface area (Å²) in [5.41, 5.74) is 2.46. The summed E-state index contributed by atoms with van der Waals surface area (Å²) >= 11 is 6.97. The molecule has 0 fully saturated rings. The molecule has 7 nitrogen and oxygen atoms in total. The van der Waals surface area contributed by atoms with Crippen molar-refractivity contribution in [2.75, 3.05) is 0 Å². The van der Waals surface area contributed by atoms with E-state index >= 15 is 0 Å². The van der Waals surface area contributed by atoms with Crippen LogP contribution in [-0.2, 0) is 6.61 Å². The second kappa shape index (κ2) is 9.64. The summed E-state index contributed by atoms with van der Waals surface area (Å²) in [6.07, 6.45) is 1.64. The van der Waals surface area contributed by atoms with Gasteiger partial charge in [0.05, 0.1) is 25.1 Å². The molecule has 3 rings (SSSR count). The van der Waals surface area contributed by atoms with Gasteiger partial charge in [-0.05, 0) is 79.4 Å². The summed E-state index contributed by atoms with van der Waals surface area (Å²) < 4.78 is 7.28. The van der Waals surface area contributed by atoms with Crippen LogP contribution in [0.4, 0.5) is 11.4 Å². The van der Waals surface area contributed by atoms with E-state index < -0.39 is 10.9 Å². The Bertz CT molecular complexity index is 1090. The molecule has 30 heavy (non-hydrogen) atoms. The van der Waals surface area contributed by atoms with Gasteiger partial charge in [0.1, 0.15) is 12.4 Å². The standard InChI is InChI=1S/C21H14Br2N2O5/c22-18-9-14(11-24-16-5-7-17(8-6-16)25(28)29)10-19(23)20(18)30-12-13-1-3-15(4-2-13)21(26)27/h1-11H,12H2,(H,26,27). The van der Waals surface area contributed by atoms with E-state index in [9.17, 15) is 14.9 Å². The van der Waals surface area contributed by atoms with Crippen LogP contribution in [0, 0.1) is 10.1 Å². The first-order valence-corrected chi connectivity index (χ1v) is 10.1. The zero-order chi connectivity index (χ0) is 21.7. The van der Waals surface area contributed by atoms with Crippen LogP contribution >= 0.6 is 31.9 Å². The van der Waals surface area contributed by atoms with Crippen LogP contribution in [-0.4, -0.2) is 22.2 Å². The molecule has 0 radical (unpaired) electrons. The molecule has 3 aromatic rings. The van der Waals surface area contributed by atoms with Gasteiger partial charge in [0.15, 0.2) is 0 Å². The van der Waals surface area contributed by atoms with Gasteiger partial charge >= 0.3 is 5.97 Å². The zero-order valence-corrected chi connectivity index (χ0v) is 18.5. The first-order chi connectivity index (χ1) is 14.3. The monoisotopic (exact) mass is 532 g/mol. The number of non-ortho nitro benzene ring substituents is 1. The van der Waals surface area contributed by atoms with Crippen molar-refractivity contribution in [2.45, 2.75) is 6.61 Å². The maximum atomic E-state index is 10.9. The fourth-order valence-corrected chi connectivity index (χ4v) is 3.95. The highest BCUT2D eigenvalue weighted by atomic mass is 79.9. The van der Waals surface area contributed by atoms with E-state index in [2.05, 4.69) is 36.9 Å². The molecule has 0 atom stereocenters. The molecule has 0 saturated heterocycles. The van der Waals surface area contributed by atoms with Crippen LogP contribution in [0.5, 0.6) is 5.75 Å². The number of hydrogen-bond acceptors (Lipinski definition) is 5. The number of nitrogens with zero attached hydrogens (tertiary/aromatic N) is 2. The summed E-state index contributed by atoms with van der Waals surface area (Å²) in [6, 6.07) is 16.1. The van der Waals surface area contributed by atoms with Crippen LogP contribution in [0.1, 0.15) is 21.5 Å². The van der Waals surface area contributed by atoms with Crippen molar-refractivity contribution >= 4 is 55.4 Å². The summed E-state index contributed by atoms with van der Waals surface area (Å²) in [4.78, 5) is 25.5. The molecule has 0 aliphatic carbocycles. The van der Waals surface area contributed by atoms with E-state index in [0.717, 1.165) is 11.1 Å². The molecule has 3 aromatic carbocycles. The molecule has 0 amide bonds. The van der Waals surface area contributed by atoms with E-state index in [1.807, 2.05) is 12.1 Å². The number of halogens is 2. The maximum absolute atomic E-state index is 10.9. The Morgan fingerprint density at radius 3 is 2.20 bits per heavy atom. The van der Waals surface area contributed by atoms with E-state index in [4.69, 9.17) is 9.84 Å². The molecular formula is C21H14Br2N2O5. The Morgan fingerprint density at radius 2 is 1.67 bits per heavy atom. The van der Waals surface area contributed by atoms with Gasteiger partial charge in [-0.3, -0.25) is 15.1 Å². The third-order valence-electron chi connectivity index (χ3n) is 4.03. The number of carbonyl (C=O) groups is 1. The van der Waals surface area contributed by atoms with Gasteiger partial charge in [-0.25, -0.2) is 4.79 Å². The van der Waals surface area contributed by atoms with Crippen molar-refractivity contribution in [3.05, 3.63) is 96.4 Å². The average Bonchev–Trinajstić information content (AvgIpc) is 2.72. The van der Waals surface area contributed by atoms with E-state index in [1.165, 1.54) is 24.3 Å². The summed E-state index contributed by atoms with van der Waals surface area (Å²) in [5, 5.41) is 19.7. The zero-order valence-electron chi connectivity index (χ0n) is 15.3. The molecule has 0 spiro atoms. The quantitative estimate of drug-likeness (QED) is 0.223. The van der Waals surface area contributed by atoms with Gasteiger partial charge in [0.2, 0.25) is 0 Å². The van der Waals surface area contributed by atoms with Crippen molar-refractivity contribution < 1.29 is 19.6 Å². The van der Waals surface area contributed by atoms with Gasteiger partial charge in [-0.2, -0.15) is 0 Å². The minimum Gasteiger partial charge on any atom is -0.487 e. The normalized spacial score (nSPS) is 10.9. The SMILES string of the molecule is O=C(O)c1ccc(COc2c(Br)cc(C=Nc3ccc([N+](=O)[O-])cc3)cc2Br)cc1. The fourth-order valence-electron chi connectivity index (χ4n) is 2.50. The topological polar surface area (TPSA) is 102 Å². The largest absolute Gasteiger partial charge is 0.487 e. The molecule has 0 heterocycles. The van der Waals surface area contributed by atoms with Gasteiger partial charge in [0, 0.05) is 18.3 Å². The van der Waals surface area contributed by atoms with Crippen molar-refractivity contribution in [2.24, 2.45) is 4.99 Å². The van der Waals surface area contributed by atoms with Gasteiger partial charge in [-0.15, -0.1) is 0 Å². The molecule has 0 unspecified atom stereocenters. The number of nitro benzene ring substituents is 1. The van der Waals surface area contributed by atoms with E-state index in [1.54, 1.807) is 30.5 Å². The lowest BCUT2D eigenvalue weighted by Crippen LogP contribution is -2.00. The lowest BCUT2D eigenvalue weighted by Gasteiger charge is -2.11. The summed E-state index contributed by atoms with van der Waals surface area (Å²) in [6.45, 7) is 0.271. The van der Waals surface area contributed by atoms with Gasteiger partial charge < -0.3 is 9.84 Å².